The summed E-state index contributed by atoms with van der Waals surface area (Å²) in [5.41, 5.74) is 1.85. The number of rotatable bonds is 3. The van der Waals surface area contributed by atoms with Gasteiger partial charge in [0.05, 0.1) is 5.69 Å². The number of amides is 1. The summed E-state index contributed by atoms with van der Waals surface area (Å²) in [4.78, 5) is 14.0. The fraction of sp³-hybridized carbons (Fsp3) is 0.450. The van der Waals surface area contributed by atoms with Gasteiger partial charge in [-0.3, -0.25) is 4.90 Å². The number of allylic oxidation sites excluding steroid dienone is 3. The van der Waals surface area contributed by atoms with Gasteiger partial charge in [0.2, 0.25) is 10.0 Å². The van der Waals surface area contributed by atoms with Gasteiger partial charge in [0.1, 0.15) is 23.5 Å². The van der Waals surface area contributed by atoms with Crippen LogP contribution in [0.5, 0.6) is 0 Å². The molecule has 0 bridgehead atoms. The highest BCUT2D eigenvalue weighted by Crippen LogP contribution is 2.36. The number of piperidine rings is 1. The van der Waals surface area contributed by atoms with Crippen molar-refractivity contribution in [3.63, 3.8) is 0 Å². The summed E-state index contributed by atoms with van der Waals surface area (Å²) >= 11 is 3.41. The molecule has 6 nitrogen and oxygen atoms in total. The Kier molecular flexibility index (Phi) is 5.75. The largest absolute Gasteiger partial charge is 0.444 e. The molecule has 1 atom stereocenters. The molecule has 1 aromatic carbocycles. The van der Waals surface area contributed by atoms with Crippen LogP contribution in [0.25, 0.3) is 0 Å². The van der Waals surface area contributed by atoms with Gasteiger partial charge in [0, 0.05) is 35.2 Å². The normalized spacial score (nSPS) is 23.9. The average molecular weight is 503 g/mol. The van der Waals surface area contributed by atoms with Crippen molar-refractivity contribution in [2.24, 2.45) is 0 Å². The van der Waals surface area contributed by atoms with Crippen LogP contribution in [-0.2, 0) is 21.4 Å². The molecule has 1 amide bonds. The van der Waals surface area contributed by atoms with Crippen molar-refractivity contribution >= 4 is 37.7 Å². The zero-order valence-corrected chi connectivity index (χ0v) is 18.7. The number of benzene rings is 1. The number of anilines is 1. The summed E-state index contributed by atoms with van der Waals surface area (Å²) in [6.45, 7) is 1.95. The first kappa shape index (κ1) is 21.5. The number of hydrogen-bond donors (Lipinski definition) is 0. The van der Waals surface area contributed by atoms with Crippen molar-refractivity contribution < 1.29 is 26.7 Å². The van der Waals surface area contributed by atoms with Gasteiger partial charge in [-0.2, -0.15) is 0 Å². The Balaban J connectivity index is 1.50. The van der Waals surface area contributed by atoms with Crippen LogP contribution in [0.15, 0.2) is 46.0 Å². The summed E-state index contributed by atoms with van der Waals surface area (Å²) in [5.74, 6) is -1.69. The molecule has 0 aromatic heterocycles. The van der Waals surface area contributed by atoms with Gasteiger partial charge in [-0.15, -0.1) is 0 Å². The van der Waals surface area contributed by atoms with Gasteiger partial charge in [-0.1, -0.05) is 15.9 Å². The Hall–Kier alpha value is -1.78. The molecule has 162 valence electrons. The van der Waals surface area contributed by atoms with Crippen LogP contribution >= 0.6 is 15.9 Å². The minimum Gasteiger partial charge on any atom is -0.444 e. The maximum atomic E-state index is 14.2. The number of sulfonamides is 1. The summed E-state index contributed by atoms with van der Waals surface area (Å²) in [7, 11) is -3.98. The van der Waals surface area contributed by atoms with Crippen LogP contribution in [0, 0.1) is 0 Å². The molecule has 1 aromatic rings. The van der Waals surface area contributed by atoms with Gasteiger partial charge in [0.25, 0.3) is 0 Å². The predicted molar refractivity (Wildman–Crippen MR) is 112 cm³/mol. The molecule has 0 radical (unpaired) electrons. The third-order valence-electron chi connectivity index (χ3n) is 5.83. The van der Waals surface area contributed by atoms with Crippen LogP contribution in [-0.4, -0.2) is 43.2 Å². The summed E-state index contributed by atoms with van der Waals surface area (Å²) in [6, 6.07) is 5.35. The lowest BCUT2D eigenvalue weighted by Gasteiger charge is -2.40. The van der Waals surface area contributed by atoms with Crippen LogP contribution in [0.4, 0.5) is 19.3 Å². The first-order valence-corrected chi connectivity index (χ1v) is 11.9. The second-order valence-corrected chi connectivity index (χ2v) is 10.8. The number of hydrogen-bond acceptors (Lipinski definition) is 4. The molecule has 0 saturated carbocycles. The van der Waals surface area contributed by atoms with E-state index in [0.29, 0.717) is 18.9 Å². The molecule has 1 aliphatic carbocycles. The van der Waals surface area contributed by atoms with E-state index in [2.05, 4.69) is 15.9 Å². The van der Waals surface area contributed by atoms with Crippen molar-refractivity contribution in [1.82, 2.24) is 4.31 Å². The van der Waals surface area contributed by atoms with Crippen LogP contribution in [0.2, 0.25) is 0 Å². The molecular formula is C20H21BrF2N2O4S. The van der Waals surface area contributed by atoms with Gasteiger partial charge >= 0.3 is 6.09 Å². The Morgan fingerprint density at radius 2 is 1.90 bits per heavy atom. The monoisotopic (exact) mass is 502 g/mol. The number of ether oxygens (including phenoxy) is 1. The van der Waals surface area contributed by atoms with Gasteiger partial charge in [0.15, 0.2) is 0 Å². The minimum atomic E-state index is -3.98. The summed E-state index contributed by atoms with van der Waals surface area (Å²) in [5, 5.41) is -1.40. The number of nitrogens with zero attached hydrogens (tertiary/aromatic N) is 2. The van der Waals surface area contributed by atoms with E-state index in [1.54, 1.807) is 4.90 Å². The van der Waals surface area contributed by atoms with E-state index in [0.717, 1.165) is 15.7 Å². The van der Waals surface area contributed by atoms with Gasteiger partial charge in [-0.05, 0) is 50.0 Å². The van der Waals surface area contributed by atoms with Crippen molar-refractivity contribution in [3.05, 3.63) is 51.5 Å². The number of cyclic esters (lactones) is 1. The lowest BCUT2D eigenvalue weighted by Crippen LogP contribution is -2.52. The number of carbonyl (C=O) groups excluding carboxylic acids is 1. The van der Waals surface area contributed by atoms with E-state index < -0.39 is 33.0 Å². The first-order valence-electron chi connectivity index (χ1n) is 9.64. The molecule has 10 heteroatoms. The molecule has 4 rings (SSSR count). The Morgan fingerprint density at radius 3 is 2.60 bits per heavy atom. The molecule has 1 saturated heterocycles. The second-order valence-electron chi connectivity index (χ2n) is 7.72. The minimum absolute atomic E-state index is 0.150. The maximum absolute atomic E-state index is 14.2. The zero-order valence-electron chi connectivity index (χ0n) is 16.3. The molecule has 2 heterocycles. The highest BCUT2D eigenvalue weighted by molar-refractivity contribution is 9.10. The van der Waals surface area contributed by atoms with Gasteiger partial charge < -0.3 is 4.74 Å². The fourth-order valence-corrected chi connectivity index (χ4v) is 6.45. The van der Waals surface area contributed by atoms with E-state index in [1.165, 1.54) is 11.2 Å². The van der Waals surface area contributed by atoms with Crippen molar-refractivity contribution in [2.75, 3.05) is 18.0 Å². The Morgan fingerprint density at radius 1 is 1.20 bits per heavy atom. The smallest absolute Gasteiger partial charge is 0.414 e. The topological polar surface area (TPSA) is 66.9 Å². The lowest BCUT2D eigenvalue weighted by atomic mass is 10.0. The fourth-order valence-electron chi connectivity index (χ4n) is 4.15. The van der Waals surface area contributed by atoms with Crippen molar-refractivity contribution in [1.29, 1.82) is 0 Å². The Labute approximate surface area is 182 Å². The Bertz CT molecular complexity index is 1050. The summed E-state index contributed by atoms with van der Waals surface area (Å²) in [6.07, 6.45) is 0.795. The third-order valence-corrected chi connectivity index (χ3v) is 8.52. The van der Waals surface area contributed by atoms with E-state index in [9.17, 15) is 22.0 Å². The molecule has 2 aliphatic heterocycles. The standard InChI is InChI=1S/C20H21BrF2N2O4S/c1-12-8-19(17(23)10-16(12)22)30(27,28)24-6-4-15(5-7-24)25-18-3-2-14(21)9-13(18)11-29-20(25)26/h2-3,9-10,15,19H,4-8,11H2,1H3. The highest BCUT2D eigenvalue weighted by Gasteiger charge is 2.41. The maximum Gasteiger partial charge on any atom is 0.414 e. The molecule has 0 N–H and O–H groups in total. The van der Waals surface area contributed by atoms with E-state index in [4.69, 9.17) is 4.74 Å². The highest BCUT2D eigenvalue weighted by atomic mass is 79.9. The molecule has 1 unspecified atom stereocenters. The second kappa shape index (κ2) is 8.05. The van der Waals surface area contributed by atoms with E-state index in [-0.39, 0.29) is 37.7 Å². The van der Waals surface area contributed by atoms with Crippen LogP contribution in [0.1, 0.15) is 31.7 Å². The number of carbonyl (C=O) groups is 1. The molecule has 3 aliphatic rings. The van der Waals surface area contributed by atoms with Crippen molar-refractivity contribution in [3.8, 4) is 0 Å². The average Bonchev–Trinajstić information content (AvgIpc) is 2.71. The lowest BCUT2D eigenvalue weighted by molar-refractivity contribution is 0.135. The van der Waals surface area contributed by atoms with Crippen LogP contribution in [0.3, 0.4) is 0 Å². The predicted octanol–water partition coefficient (Wildman–Crippen LogP) is 4.57. The SMILES string of the molecule is CC1=C(F)C=C(F)C(S(=O)(=O)N2CCC(N3C(=O)OCc4cc(Br)ccc43)CC2)C1. The molecule has 0 spiro atoms. The van der Waals surface area contributed by atoms with E-state index in [1.807, 2.05) is 18.2 Å². The van der Waals surface area contributed by atoms with Crippen molar-refractivity contribution in [2.45, 2.75) is 44.1 Å². The quantitative estimate of drug-likeness (QED) is 0.607. The third kappa shape index (κ3) is 3.80. The molecule has 1 fully saturated rings. The van der Waals surface area contributed by atoms with E-state index >= 15 is 0 Å². The molecular weight excluding hydrogens is 482 g/mol. The molecule has 30 heavy (non-hydrogen) atoms. The summed E-state index contributed by atoms with van der Waals surface area (Å²) < 4.78 is 61.2. The first-order chi connectivity index (χ1) is 14.2. The van der Waals surface area contributed by atoms with Crippen LogP contribution < -0.4 is 4.90 Å². The van der Waals surface area contributed by atoms with Gasteiger partial charge in [-0.25, -0.2) is 26.3 Å². The zero-order chi connectivity index (χ0) is 21.6. The number of halogens is 3. The number of fused-ring (bicyclic) bond motifs is 1.